The Labute approximate surface area is 135 Å². The van der Waals surface area contributed by atoms with Gasteiger partial charge in [-0.1, -0.05) is 6.58 Å². The van der Waals surface area contributed by atoms with Crippen molar-refractivity contribution in [2.45, 2.75) is 46.1 Å². The van der Waals surface area contributed by atoms with Gasteiger partial charge in [-0.2, -0.15) is 0 Å². The number of ether oxygens (including phenoxy) is 3. The molecule has 0 saturated heterocycles. The minimum absolute atomic E-state index is 0.0136. The Morgan fingerprint density at radius 3 is 2.61 bits per heavy atom. The van der Waals surface area contributed by atoms with Crippen LogP contribution in [0.4, 0.5) is 0 Å². The molecule has 0 aromatic rings. The van der Waals surface area contributed by atoms with E-state index in [1.807, 2.05) is 0 Å². The Morgan fingerprint density at radius 1 is 1.35 bits per heavy atom. The van der Waals surface area contributed by atoms with Crippen molar-refractivity contribution in [3.63, 3.8) is 0 Å². The van der Waals surface area contributed by atoms with Gasteiger partial charge in [0.1, 0.15) is 6.10 Å². The van der Waals surface area contributed by atoms with Crippen LogP contribution in [0.5, 0.6) is 0 Å². The van der Waals surface area contributed by atoms with Crippen LogP contribution in [0.3, 0.4) is 0 Å². The number of carbonyl (C=O) groups is 3. The lowest BCUT2D eigenvalue weighted by Gasteiger charge is -2.12. The first-order valence-corrected chi connectivity index (χ1v) is 7.75. The molecule has 23 heavy (non-hydrogen) atoms. The van der Waals surface area contributed by atoms with Crippen LogP contribution in [-0.2, 0) is 28.6 Å². The fourth-order valence-electron chi connectivity index (χ4n) is 2.71. The van der Waals surface area contributed by atoms with Crippen LogP contribution in [0, 0.1) is 11.8 Å². The van der Waals surface area contributed by atoms with Crippen LogP contribution < -0.4 is 0 Å². The second kappa shape index (κ2) is 6.98. The summed E-state index contributed by atoms with van der Waals surface area (Å²) in [5.74, 6) is -1.57. The lowest BCUT2D eigenvalue weighted by molar-refractivity contribution is -0.152. The van der Waals surface area contributed by atoms with Crippen molar-refractivity contribution in [2.75, 3.05) is 6.61 Å². The fraction of sp³-hybridized carbons (Fsp3) is 0.588. The van der Waals surface area contributed by atoms with Crippen LogP contribution in [-0.4, -0.2) is 30.6 Å². The molecule has 0 aromatic heterocycles. The quantitative estimate of drug-likeness (QED) is 0.439. The third kappa shape index (κ3) is 4.00. The number of esters is 3. The van der Waals surface area contributed by atoms with Gasteiger partial charge in [-0.25, -0.2) is 9.59 Å². The molecule has 126 valence electrons. The van der Waals surface area contributed by atoms with Gasteiger partial charge in [-0.3, -0.25) is 4.79 Å². The van der Waals surface area contributed by atoms with Gasteiger partial charge in [0.25, 0.3) is 0 Å². The third-order valence-corrected chi connectivity index (χ3v) is 4.31. The van der Waals surface area contributed by atoms with Gasteiger partial charge < -0.3 is 14.2 Å². The molecule has 3 unspecified atom stereocenters. The molecule has 1 aliphatic carbocycles. The van der Waals surface area contributed by atoms with E-state index in [1.54, 1.807) is 20.8 Å². The van der Waals surface area contributed by atoms with E-state index in [0.717, 1.165) is 6.42 Å². The zero-order valence-electron chi connectivity index (χ0n) is 13.7. The molecule has 2 aliphatic rings. The van der Waals surface area contributed by atoms with Crippen molar-refractivity contribution in [3.05, 3.63) is 23.5 Å². The Kier molecular flexibility index (Phi) is 5.23. The summed E-state index contributed by atoms with van der Waals surface area (Å²) < 4.78 is 15.4. The zero-order chi connectivity index (χ0) is 17.1. The van der Waals surface area contributed by atoms with Gasteiger partial charge in [0.15, 0.2) is 0 Å². The molecule has 0 bridgehead atoms. The third-order valence-electron chi connectivity index (χ3n) is 4.31. The topological polar surface area (TPSA) is 78.9 Å². The van der Waals surface area contributed by atoms with Gasteiger partial charge in [-0.15, -0.1) is 0 Å². The Bertz CT molecular complexity index is 574. The summed E-state index contributed by atoms with van der Waals surface area (Å²) in [6, 6.07) is 0. The van der Waals surface area contributed by atoms with E-state index in [0.29, 0.717) is 24.0 Å². The number of rotatable bonds is 5. The molecule has 1 heterocycles. The van der Waals surface area contributed by atoms with E-state index in [2.05, 4.69) is 6.58 Å². The zero-order valence-corrected chi connectivity index (χ0v) is 13.7. The maximum Gasteiger partial charge on any atom is 0.375 e. The standard InChI is InChI=1S/C17H22O6/c1-9(2)15(18)21-8-12-5-6-13(7-12)16(19)23-14-10(3)11(4)22-17(14)20/h11-13H,1,5-8H2,2-4H3. The van der Waals surface area contributed by atoms with E-state index >= 15 is 0 Å². The molecule has 0 spiro atoms. The average molecular weight is 322 g/mol. The van der Waals surface area contributed by atoms with Crippen LogP contribution in [0.1, 0.15) is 40.0 Å². The number of carbonyl (C=O) groups excluding carboxylic acids is 3. The van der Waals surface area contributed by atoms with E-state index in [-0.39, 0.29) is 30.3 Å². The predicted molar refractivity (Wildman–Crippen MR) is 81.0 cm³/mol. The van der Waals surface area contributed by atoms with Gasteiger partial charge in [0.2, 0.25) is 5.76 Å². The Hall–Kier alpha value is -2.11. The molecule has 1 fully saturated rings. The molecular weight excluding hydrogens is 300 g/mol. The highest BCUT2D eigenvalue weighted by atomic mass is 16.6. The predicted octanol–water partition coefficient (Wildman–Crippen LogP) is 2.28. The van der Waals surface area contributed by atoms with Crippen molar-refractivity contribution in [1.29, 1.82) is 0 Å². The van der Waals surface area contributed by atoms with Crippen LogP contribution >= 0.6 is 0 Å². The van der Waals surface area contributed by atoms with Crippen molar-refractivity contribution < 1.29 is 28.6 Å². The maximum absolute atomic E-state index is 12.2. The lowest BCUT2D eigenvalue weighted by atomic mass is 10.1. The van der Waals surface area contributed by atoms with Gasteiger partial charge >= 0.3 is 17.9 Å². The molecule has 0 aromatic carbocycles. The van der Waals surface area contributed by atoms with Crippen molar-refractivity contribution in [2.24, 2.45) is 11.8 Å². The monoisotopic (exact) mass is 322 g/mol. The van der Waals surface area contributed by atoms with Crippen molar-refractivity contribution in [3.8, 4) is 0 Å². The number of cyclic esters (lactones) is 1. The summed E-state index contributed by atoms with van der Waals surface area (Å²) in [6.07, 6.45) is 1.66. The molecule has 0 N–H and O–H groups in total. The highest BCUT2D eigenvalue weighted by Gasteiger charge is 2.36. The summed E-state index contributed by atoms with van der Waals surface area (Å²) in [5.41, 5.74) is 0.989. The first-order valence-electron chi connectivity index (χ1n) is 7.75. The molecule has 1 aliphatic heterocycles. The molecule has 6 nitrogen and oxygen atoms in total. The normalized spacial score (nSPS) is 26.9. The summed E-state index contributed by atoms with van der Waals surface area (Å²) in [7, 11) is 0. The second-order valence-corrected chi connectivity index (χ2v) is 6.24. The number of hydrogen-bond donors (Lipinski definition) is 0. The Balaban J connectivity index is 1.85. The SMILES string of the molecule is C=C(C)C(=O)OCC1CCC(C(=O)OC2=C(C)C(C)OC2=O)C1. The Morgan fingerprint density at radius 2 is 2.04 bits per heavy atom. The van der Waals surface area contributed by atoms with E-state index in [1.165, 1.54) is 0 Å². The van der Waals surface area contributed by atoms with Crippen molar-refractivity contribution >= 4 is 17.9 Å². The molecule has 1 saturated carbocycles. The largest absolute Gasteiger partial charge is 0.462 e. The highest BCUT2D eigenvalue weighted by molar-refractivity contribution is 5.93. The van der Waals surface area contributed by atoms with E-state index in [9.17, 15) is 14.4 Å². The lowest BCUT2D eigenvalue weighted by Crippen LogP contribution is -2.18. The number of hydrogen-bond acceptors (Lipinski definition) is 6. The van der Waals surface area contributed by atoms with Crippen molar-refractivity contribution in [1.82, 2.24) is 0 Å². The summed E-state index contributed by atoms with van der Waals surface area (Å²) in [4.78, 5) is 35.2. The summed E-state index contributed by atoms with van der Waals surface area (Å²) in [6.45, 7) is 8.84. The van der Waals surface area contributed by atoms with Gasteiger partial charge in [0.05, 0.1) is 12.5 Å². The molecule has 0 radical (unpaired) electrons. The first kappa shape index (κ1) is 17.2. The molecular formula is C17H22O6. The minimum Gasteiger partial charge on any atom is -0.462 e. The van der Waals surface area contributed by atoms with E-state index < -0.39 is 17.9 Å². The van der Waals surface area contributed by atoms with Crippen LogP contribution in [0.25, 0.3) is 0 Å². The maximum atomic E-state index is 12.2. The minimum atomic E-state index is -0.590. The highest BCUT2D eigenvalue weighted by Crippen LogP contribution is 2.33. The average Bonchev–Trinajstić information content (AvgIpc) is 3.05. The van der Waals surface area contributed by atoms with Gasteiger partial charge in [0, 0.05) is 11.1 Å². The molecule has 2 rings (SSSR count). The van der Waals surface area contributed by atoms with Crippen LogP contribution in [0.15, 0.2) is 23.5 Å². The second-order valence-electron chi connectivity index (χ2n) is 6.24. The van der Waals surface area contributed by atoms with E-state index in [4.69, 9.17) is 14.2 Å². The fourth-order valence-corrected chi connectivity index (χ4v) is 2.71. The van der Waals surface area contributed by atoms with Gasteiger partial charge in [-0.05, 0) is 46.0 Å². The smallest absolute Gasteiger partial charge is 0.375 e. The first-order chi connectivity index (χ1) is 10.8. The molecule has 0 amide bonds. The molecule has 6 heteroatoms. The molecule has 3 atom stereocenters. The summed E-state index contributed by atoms with van der Waals surface area (Å²) in [5, 5.41) is 0. The van der Waals surface area contributed by atoms with Crippen LogP contribution in [0.2, 0.25) is 0 Å². The summed E-state index contributed by atoms with van der Waals surface area (Å²) >= 11 is 0.